The first-order valence-corrected chi connectivity index (χ1v) is 6.42. The van der Waals surface area contributed by atoms with E-state index in [1.165, 1.54) is 0 Å². The molecule has 20 heavy (non-hydrogen) atoms. The van der Waals surface area contributed by atoms with Crippen LogP contribution in [0.4, 0.5) is 5.82 Å². The lowest BCUT2D eigenvalue weighted by Gasteiger charge is -2.08. The molecule has 2 N–H and O–H groups in total. The average molecular weight is 262 g/mol. The van der Waals surface area contributed by atoms with Crippen molar-refractivity contribution in [2.75, 3.05) is 5.73 Å². The van der Waals surface area contributed by atoms with Gasteiger partial charge in [0, 0.05) is 16.5 Å². The van der Waals surface area contributed by atoms with E-state index in [-0.39, 0.29) is 5.78 Å². The zero-order valence-electron chi connectivity index (χ0n) is 11.1. The van der Waals surface area contributed by atoms with Gasteiger partial charge in [-0.1, -0.05) is 36.4 Å². The van der Waals surface area contributed by atoms with E-state index < -0.39 is 0 Å². The van der Waals surface area contributed by atoms with Crippen LogP contribution in [0.15, 0.2) is 54.6 Å². The second kappa shape index (κ2) is 4.78. The fourth-order valence-electron chi connectivity index (χ4n) is 2.32. The number of nitrogens with zero attached hydrogens (tertiary/aromatic N) is 1. The van der Waals surface area contributed by atoms with E-state index in [4.69, 9.17) is 5.73 Å². The van der Waals surface area contributed by atoms with Gasteiger partial charge in [0.05, 0.1) is 5.52 Å². The summed E-state index contributed by atoms with van der Waals surface area (Å²) >= 11 is 0. The number of aromatic nitrogens is 1. The average Bonchev–Trinajstić information content (AvgIpc) is 2.46. The zero-order chi connectivity index (χ0) is 14.1. The predicted octanol–water partition coefficient (Wildman–Crippen LogP) is 3.36. The maximum Gasteiger partial charge on any atom is 0.195 e. The number of aryl methyl sites for hydroxylation is 1. The minimum absolute atomic E-state index is 0.0215. The lowest BCUT2D eigenvalue weighted by atomic mass is 9.97. The first kappa shape index (κ1) is 12.4. The van der Waals surface area contributed by atoms with Gasteiger partial charge in [-0.2, -0.15) is 0 Å². The Bertz CT molecular complexity index is 809. The molecule has 98 valence electrons. The molecule has 0 aliphatic carbocycles. The van der Waals surface area contributed by atoms with Gasteiger partial charge in [-0.3, -0.25) is 4.79 Å². The Morgan fingerprint density at radius 2 is 1.70 bits per heavy atom. The minimum atomic E-state index is -0.0215. The van der Waals surface area contributed by atoms with Crippen LogP contribution in [0.25, 0.3) is 10.9 Å². The number of anilines is 1. The highest BCUT2D eigenvalue weighted by Gasteiger charge is 2.15. The Morgan fingerprint density at radius 3 is 2.50 bits per heavy atom. The number of fused-ring (bicyclic) bond motifs is 1. The van der Waals surface area contributed by atoms with Crippen LogP contribution >= 0.6 is 0 Å². The number of rotatable bonds is 2. The first-order valence-electron chi connectivity index (χ1n) is 6.42. The highest BCUT2D eigenvalue weighted by molar-refractivity contribution is 6.16. The molecule has 0 radical (unpaired) electrons. The molecular weight excluding hydrogens is 248 g/mol. The summed E-state index contributed by atoms with van der Waals surface area (Å²) in [4.78, 5) is 17.0. The van der Waals surface area contributed by atoms with Crippen molar-refractivity contribution < 1.29 is 4.79 Å². The van der Waals surface area contributed by atoms with E-state index in [1.54, 1.807) is 12.1 Å². The van der Waals surface area contributed by atoms with Crippen LogP contribution in [0.2, 0.25) is 0 Å². The van der Waals surface area contributed by atoms with E-state index >= 15 is 0 Å². The summed E-state index contributed by atoms with van der Waals surface area (Å²) in [6.45, 7) is 1.93. The lowest BCUT2D eigenvalue weighted by Crippen LogP contribution is -2.05. The third kappa shape index (κ3) is 2.03. The summed E-state index contributed by atoms with van der Waals surface area (Å²) in [5.41, 5.74) is 8.63. The number of nitrogen functional groups attached to an aromatic ring is 1. The largest absolute Gasteiger partial charge is 0.384 e. The summed E-state index contributed by atoms with van der Waals surface area (Å²) in [7, 11) is 0. The molecule has 1 aromatic heterocycles. The smallest absolute Gasteiger partial charge is 0.195 e. The maximum atomic E-state index is 12.7. The van der Waals surface area contributed by atoms with Gasteiger partial charge in [0.1, 0.15) is 5.82 Å². The minimum Gasteiger partial charge on any atom is -0.384 e. The summed E-state index contributed by atoms with van der Waals surface area (Å²) in [6.07, 6.45) is 0. The Kier molecular flexibility index (Phi) is 2.95. The van der Waals surface area contributed by atoms with Crippen molar-refractivity contribution in [1.82, 2.24) is 4.98 Å². The van der Waals surface area contributed by atoms with Gasteiger partial charge in [-0.15, -0.1) is 0 Å². The van der Waals surface area contributed by atoms with E-state index in [9.17, 15) is 4.79 Å². The molecule has 3 nitrogen and oxygen atoms in total. The van der Waals surface area contributed by atoms with Gasteiger partial charge in [0.2, 0.25) is 0 Å². The van der Waals surface area contributed by atoms with Crippen molar-refractivity contribution >= 4 is 22.5 Å². The van der Waals surface area contributed by atoms with Gasteiger partial charge in [-0.05, 0) is 30.7 Å². The van der Waals surface area contributed by atoms with Gasteiger partial charge in [0.25, 0.3) is 0 Å². The van der Waals surface area contributed by atoms with E-state index in [0.717, 1.165) is 10.9 Å². The molecule has 0 atom stereocenters. The number of carbonyl (C=O) groups is 1. The summed E-state index contributed by atoms with van der Waals surface area (Å²) < 4.78 is 0. The quantitative estimate of drug-likeness (QED) is 0.720. The monoisotopic (exact) mass is 262 g/mol. The standard InChI is InChI=1S/C17H14N2O/c1-11-5-2-3-7-13(11)17(20)14-8-4-6-12-9-10-15(18)19-16(12)14/h2-10H,1H3,(H2,18,19). The third-order valence-corrected chi connectivity index (χ3v) is 3.38. The summed E-state index contributed by atoms with van der Waals surface area (Å²) in [5.74, 6) is 0.398. The number of para-hydroxylation sites is 1. The number of hydrogen-bond donors (Lipinski definition) is 1. The molecule has 3 rings (SSSR count). The fraction of sp³-hybridized carbons (Fsp3) is 0.0588. The topological polar surface area (TPSA) is 56.0 Å². The van der Waals surface area contributed by atoms with Crippen molar-refractivity contribution in [2.45, 2.75) is 6.92 Å². The van der Waals surface area contributed by atoms with Gasteiger partial charge < -0.3 is 5.73 Å². The molecule has 0 unspecified atom stereocenters. The molecule has 0 bridgehead atoms. The molecule has 0 spiro atoms. The molecular formula is C17H14N2O. The van der Waals surface area contributed by atoms with Crippen LogP contribution < -0.4 is 5.73 Å². The fourth-order valence-corrected chi connectivity index (χ4v) is 2.32. The summed E-state index contributed by atoms with van der Waals surface area (Å²) in [6, 6.07) is 16.8. The molecule has 0 saturated heterocycles. The molecule has 2 aromatic carbocycles. The van der Waals surface area contributed by atoms with Crippen LogP contribution in [-0.4, -0.2) is 10.8 Å². The van der Waals surface area contributed by atoms with Gasteiger partial charge in [-0.25, -0.2) is 4.98 Å². The molecule has 0 aliphatic rings. The number of carbonyl (C=O) groups excluding carboxylic acids is 1. The molecule has 3 heteroatoms. The lowest BCUT2D eigenvalue weighted by molar-refractivity contribution is 0.103. The Balaban J connectivity index is 2.22. The molecule has 3 aromatic rings. The van der Waals surface area contributed by atoms with Gasteiger partial charge >= 0.3 is 0 Å². The second-order valence-corrected chi connectivity index (χ2v) is 4.76. The zero-order valence-corrected chi connectivity index (χ0v) is 11.1. The van der Waals surface area contributed by atoms with Crippen LogP contribution in [0.1, 0.15) is 21.5 Å². The van der Waals surface area contributed by atoms with Crippen LogP contribution in [0, 0.1) is 6.92 Å². The maximum absolute atomic E-state index is 12.7. The van der Waals surface area contributed by atoms with Gasteiger partial charge in [0.15, 0.2) is 5.78 Å². The van der Waals surface area contributed by atoms with Crippen molar-refractivity contribution in [3.05, 3.63) is 71.3 Å². The van der Waals surface area contributed by atoms with Crippen molar-refractivity contribution in [2.24, 2.45) is 0 Å². The van der Waals surface area contributed by atoms with E-state index in [0.29, 0.717) is 22.5 Å². The number of benzene rings is 2. The number of nitrogens with two attached hydrogens (primary N) is 1. The second-order valence-electron chi connectivity index (χ2n) is 4.76. The van der Waals surface area contributed by atoms with E-state index in [2.05, 4.69) is 4.98 Å². The Hall–Kier alpha value is -2.68. The number of pyridine rings is 1. The van der Waals surface area contributed by atoms with Crippen LogP contribution in [-0.2, 0) is 0 Å². The molecule has 0 saturated carbocycles. The highest BCUT2D eigenvalue weighted by Crippen LogP contribution is 2.22. The summed E-state index contributed by atoms with van der Waals surface area (Å²) in [5, 5.41) is 0.915. The van der Waals surface area contributed by atoms with Crippen LogP contribution in [0.3, 0.4) is 0 Å². The molecule has 0 aliphatic heterocycles. The van der Waals surface area contributed by atoms with Crippen LogP contribution in [0.5, 0.6) is 0 Å². The molecule has 1 heterocycles. The molecule has 0 amide bonds. The Morgan fingerprint density at radius 1 is 0.950 bits per heavy atom. The van der Waals surface area contributed by atoms with Crippen molar-refractivity contribution in [1.29, 1.82) is 0 Å². The first-order chi connectivity index (χ1) is 9.66. The SMILES string of the molecule is Cc1ccccc1C(=O)c1cccc2ccc(N)nc12. The predicted molar refractivity (Wildman–Crippen MR) is 80.8 cm³/mol. The van der Waals surface area contributed by atoms with Crippen molar-refractivity contribution in [3.63, 3.8) is 0 Å². The third-order valence-electron chi connectivity index (χ3n) is 3.38. The highest BCUT2D eigenvalue weighted by atomic mass is 16.1. The molecule has 0 fully saturated rings. The number of hydrogen-bond acceptors (Lipinski definition) is 3. The number of ketones is 1. The van der Waals surface area contributed by atoms with E-state index in [1.807, 2.05) is 49.4 Å². The Labute approximate surface area is 117 Å². The van der Waals surface area contributed by atoms with Crippen molar-refractivity contribution in [3.8, 4) is 0 Å². The normalized spacial score (nSPS) is 10.7.